The summed E-state index contributed by atoms with van der Waals surface area (Å²) in [6, 6.07) is 0. The molecule has 0 saturated carbocycles. The Labute approximate surface area is 110 Å². The number of anilines is 1. The van der Waals surface area contributed by atoms with Crippen molar-refractivity contribution < 1.29 is 4.74 Å². The maximum Gasteiger partial charge on any atom is 0.162 e. The molecule has 0 amide bonds. The van der Waals surface area contributed by atoms with Crippen LogP contribution in [0.4, 0.5) is 5.82 Å². The van der Waals surface area contributed by atoms with Crippen LogP contribution in [0.5, 0.6) is 0 Å². The van der Waals surface area contributed by atoms with Gasteiger partial charge in [0.05, 0.1) is 3.57 Å². The average Bonchev–Trinajstić information content (AvgIpc) is 2.30. The van der Waals surface area contributed by atoms with Gasteiger partial charge in [-0.05, 0) is 42.4 Å². The molecule has 4 nitrogen and oxygen atoms in total. The predicted octanol–water partition coefficient (Wildman–Crippen LogP) is 2.72. The van der Waals surface area contributed by atoms with E-state index in [9.17, 15) is 0 Å². The van der Waals surface area contributed by atoms with E-state index in [-0.39, 0.29) is 0 Å². The molecule has 16 heavy (non-hydrogen) atoms. The second kappa shape index (κ2) is 5.77. The summed E-state index contributed by atoms with van der Waals surface area (Å²) in [5.41, 5.74) is 5.41. The van der Waals surface area contributed by atoms with Crippen molar-refractivity contribution in [2.45, 2.75) is 39.2 Å². The lowest BCUT2D eigenvalue weighted by atomic mass is 9.96. The number of nitrogens with zero attached hydrogens (tertiary/aromatic N) is 2. The molecular weight excluding hydrogens is 317 g/mol. The molecule has 2 N–H and O–H groups in total. The maximum atomic E-state index is 5.83. The van der Waals surface area contributed by atoms with Gasteiger partial charge in [-0.15, -0.1) is 0 Å². The number of nitrogens with two attached hydrogens (primary N) is 1. The van der Waals surface area contributed by atoms with E-state index < -0.39 is 5.60 Å². The molecule has 1 aromatic heterocycles. The largest absolute Gasteiger partial charge is 0.383 e. The lowest BCUT2D eigenvalue weighted by Gasteiger charge is -2.29. The second-order valence-corrected chi connectivity index (χ2v) is 4.72. The van der Waals surface area contributed by atoms with E-state index in [1.54, 1.807) is 6.20 Å². The van der Waals surface area contributed by atoms with Gasteiger partial charge in [0.15, 0.2) is 5.82 Å². The second-order valence-electron chi connectivity index (χ2n) is 3.56. The molecule has 0 bridgehead atoms. The van der Waals surface area contributed by atoms with E-state index in [1.807, 2.05) is 6.92 Å². The zero-order valence-electron chi connectivity index (χ0n) is 9.96. The van der Waals surface area contributed by atoms with Gasteiger partial charge in [-0.25, -0.2) is 9.97 Å². The molecule has 0 radical (unpaired) electrons. The molecule has 1 heterocycles. The first kappa shape index (κ1) is 13.6. The summed E-state index contributed by atoms with van der Waals surface area (Å²) in [6.07, 6.45) is 3.44. The number of ether oxygens (including phenoxy) is 1. The molecule has 0 aromatic carbocycles. The highest BCUT2D eigenvalue weighted by Gasteiger charge is 2.32. The van der Waals surface area contributed by atoms with Crippen LogP contribution in [0.1, 0.15) is 39.4 Å². The zero-order chi connectivity index (χ0) is 12.2. The fourth-order valence-corrected chi connectivity index (χ4v) is 1.97. The van der Waals surface area contributed by atoms with E-state index in [0.717, 1.165) is 16.4 Å². The Balaban J connectivity index is 3.14. The highest BCUT2D eigenvalue weighted by Crippen LogP contribution is 2.31. The molecule has 0 unspecified atom stereocenters. The van der Waals surface area contributed by atoms with Crippen LogP contribution in [0.2, 0.25) is 0 Å². The van der Waals surface area contributed by atoms with Crippen LogP contribution in [-0.4, -0.2) is 16.6 Å². The fourth-order valence-electron chi connectivity index (χ4n) is 1.71. The summed E-state index contributed by atoms with van der Waals surface area (Å²) in [4.78, 5) is 8.69. The van der Waals surface area contributed by atoms with Gasteiger partial charge in [0.1, 0.15) is 11.4 Å². The minimum atomic E-state index is -0.396. The summed E-state index contributed by atoms with van der Waals surface area (Å²) in [5.74, 6) is 1.22. The van der Waals surface area contributed by atoms with Crippen molar-refractivity contribution in [3.05, 3.63) is 15.6 Å². The minimum absolute atomic E-state index is 0.396. The molecule has 1 rings (SSSR count). The monoisotopic (exact) mass is 335 g/mol. The summed E-state index contributed by atoms with van der Waals surface area (Å²) < 4.78 is 6.70. The number of hydrogen-bond donors (Lipinski definition) is 1. The Morgan fingerprint density at radius 3 is 2.44 bits per heavy atom. The Morgan fingerprint density at radius 1 is 1.38 bits per heavy atom. The van der Waals surface area contributed by atoms with Crippen molar-refractivity contribution in [1.29, 1.82) is 0 Å². The van der Waals surface area contributed by atoms with Crippen molar-refractivity contribution in [3.8, 4) is 0 Å². The third-order valence-corrected chi connectivity index (χ3v) is 3.57. The van der Waals surface area contributed by atoms with Gasteiger partial charge >= 0.3 is 0 Å². The molecule has 1 aromatic rings. The summed E-state index contributed by atoms with van der Waals surface area (Å²) in [6.45, 7) is 6.79. The molecule has 0 aliphatic carbocycles. The molecule has 90 valence electrons. The van der Waals surface area contributed by atoms with Crippen molar-refractivity contribution in [3.63, 3.8) is 0 Å². The highest BCUT2D eigenvalue weighted by atomic mass is 127. The van der Waals surface area contributed by atoms with E-state index >= 15 is 0 Å². The number of rotatable bonds is 5. The van der Waals surface area contributed by atoms with Crippen LogP contribution in [0, 0.1) is 3.57 Å². The first-order valence-electron chi connectivity index (χ1n) is 5.52. The number of nitrogen functional groups attached to an aromatic ring is 1. The minimum Gasteiger partial charge on any atom is -0.383 e. The van der Waals surface area contributed by atoms with Crippen molar-refractivity contribution >= 4 is 28.4 Å². The van der Waals surface area contributed by atoms with Crippen LogP contribution in [0.15, 0.2) is 6.20 Å². The van der Waals surface area contributed by atoms with Gasteiger partial charge < -0.3 is 10.5 Å². The average molecular weight is 335 g/mol. The van der Waals surface area contributed by atoms with Crippen LogP contribution in [0.3, 0.4) is 0 Å². The fraction of sp³-hybridized carbons (Fsp3) is 0.636. The maximum absolute atomic E-state index is 5.83. The zero-order valence-corrected chi connectivity index (χ0v) is 12.1. The Hall–Kier alpha value is -0.430. The molecule has 0 saturated heterocycles. The molecule has 5 heteroatoms. The van der Waals surface area contributed by atoms with Gasteiger partial charge in [-0.2, -0.15) is 0 Å². The first-order chi connectivity index (χ1) is 7.59. The normalized spacial score (nSPS) is 11.8. The molecule has 0 atom stereocenters. The molecule has 0 aliphatic heterocycles. The van der Waals surface area contributed by atoms with Crippen molar-refractivity contribution in [2.75, 3.05) is 12.3 Å². The third kappa shape index (κ3) is 2.63. The predicted molar refractivity (Wildman–Crippen MR) is 73.0 cm³/mol. The van der Waals surface area contributed by atoms with Gasteiger partial charge in [0.2, 0.25) is 0 Å². The van der Waals surface area contributed by atoms with Gasteiger partial charge in [-0.1, -0.05) is 13.8 Å². The lowest BCUT2D eigenvalue weighted by Crippen LogP contribution is -2.31. The van der Waals surface area contributed by atoms with Gasteiger partial charge in [0, 0.05) is 12.8 Å². The topological polar surface area (TPSA) is 61.0 Å². The number of halogens is 1. The SMILES string of the molecule is CCOC(CC)(CC)c1ncc(I)c(N)n1. The highest BCUT2D eigenvalue weighted by molar-refractivity contribution is 14.1. The molecule has 0 aliphatic rings. The van der Waals surface area contributed by atoms with E-state index in [0.29, 0.717) is 18.2 Å². The van der Waals surface area contributed by atoms with Crippen molar-refractivity contribution in [1.82, 2.24) is 9.97 Å². The standard InChI is InChI=1S/C11H18IN3O/c1-4-11(5-2,16-6-3)10-14-7-8(12)9(13)15-10/h7H,4-6H2,1-3H3,(H2,13,14,15). The summed E-state index contributed by atoms with van der Waals surface area (Å²) in [5, 5.41) is 0. The summed E-state index contributed by atoms with van der Waals surface area (Å²) >= 11 is 2.12. The quantitative estimate of drug-likeness (QED) is 0.841. The number of hydrogen-bond acceptors (Lipinski definition) is 4. The molecular formula is C11H18IN3O. The van der Waals surface area contributed by atoms with Crippen molar-refractivity contribution in [2.24, 2.45) is 0 Å². The van der Waals surface area contributed by atoms with Crippen LogP contribution in [-0.2, 0) is 10.3 Å². The Bertz CT molecular complexity index is 353. The Morgan fingerprint density at radius 2 is 2.00 bits per heavy atom. The van der Waals surface area contributed by atoms with Crippen LogP contribution >= 0.6 is 22.6 Å². The summed E-state index contributed by atoms with van der Waals surface area (Å²) in [7, 11) is 0. The van der Waals surface area contributed by atoms with Crippen LogP contribution < -0.4 is 5.73 Å². The van der Waals surface area contributed by atoms with E-state index in [2.05, 4.69) is 46.4 Å². The molecule has 0 fully saturated rings. The van der Waals surface area contributed by atoms with Crippen LogP contribution in [0.25, 0.3) is 0 Å². The van der Waals surface area contributed by atoms with Gasteiger partial charge in [-0.3, -0.25) is 0 Å². The Kier molecular flexibility index (Phi) is 4.91. The third-order valence-electron chi connectivity index (χ3n) is 2.74. The van der Waals surface area contributed by atoms with E-state index in [4.69, 9.17) is 10.5 Å². The lowest BCUT2D eigenvalue weighted by molar-refractivity contribution is -0.0570. The number of aromatic nitrogens is 2. The first-order valence-corrected chi connectivity index (χ1v) is 6.60. The van der Waals surface area contributed by atoms with Gasteiger partial charge in [0.25, 0.3) is 0 Å². The molecule has 0 spiro atoms. The van der Waals surface area contributed by atoms with E-state index in [1.165, 1.54) is 0 Å². The smallest absolute Gasteiger partial charge is 0.162 e.